The zero-order chi connectivity index (χ0) is 26.7. The maximum Gasteiger partial charge on any atom is 0.312 e. The molecule has 0 aromatic rings. The minimum atomic E-state index is -1.12. The molecule has 8 heteroatoms. The number of ether oxygens (including phenoxy) is 2. The van der Waals surface area contributed by atoms with E-state index in [0.29, 0.717) is 32.2 Å². The highest BCUT2D eigenvalue weighted by atomic mass is 16.6. The number of aliphatic hydroxyl groups is 1. The molecule has 3 aliphatic heterocycles. The molecule has 8 nitrogen and oxygen atoms in total. The molecule has 0 saturated carbocycles. The molecule has 0 aromatic heterocycles. The lowest BCUT2D eigenvalue weighted by atomic mass is 9.65. The molecule has 0 radical (unpaired) electrons. The molecule has 2 unspecified atom stereocenters. The van der Waals surface area contributed by atoms with Crippen LogP contribution in [-0.2, 0) is 23.9 Å². The van der Waals surface area contributed by atoms with Crippen LogP contribution in [0, 0.1) is 11.8 Å². The summed E-state index contributed by atoms with van der Waals surface area (Å²) in [6.45, 7) is 15.6. The molecule has 2 bridgehead atoms. The van der Waals surface area contributed by atoms with Gasteiger partial charge in [0.2, 0.25) is 11.8 Å². The van der Waals surface area contributed by atoms with Crippen molar-refractivity contribution in [2.75, 3.05) is 19.8 Å². The van der Waals surface area contributed by atoms with Crippen molar-refractivity contribution in [1.29, 1.82) is 0 Å². The van der Waals surface area contributed by atoms with Crippen molar-refractivity contribution >= 4 is 17.8 Å². The monoisotopic (exact) mass is 504 g/mol. The molecule has 1 spiro atoms. The number of hydrogen-bond acceptors (Lipinski definition) is 6. The standard InChI is InChI=1S/C28H44N2O6/c1-7-11-12-13-17-35-26(34)22-21-24(32)30(20(9-3)18-31)23(25(33)29(16-8-2)19(5)6)28(21)15-14-27(22,10-4)36-28/h7-8,19-23,31H,1-2,9-18H2,3-6H3/t20-,21-,22-,23?,27+,28?/m0/s1. The third-order valence-electron chi connectivity index (χ3n) is 8.46. The SMILES string of the molecule is C=CCCCCOC(=O)[C@@H]1[C@H]2C(=O)N([C@@H](CC)CO)C(C(=O)N(CC=C)C(C)C)C23CC[C@@]1(CC)O3. The molecule has 3 fully saturated rings. The van der Waals surface area contributed by atoms with E-state index in [0.717, 1.165) is 19.3 Å². The first-order valence-corrected chi connectivity index (χ1v) is 13.5. The lowest BCUT2D eigenvalue weighted by Crippen LogP contribution is -2.59. The average Bonchev–Trinajstić information content (AvgIpc) is 3.46. The van der Waals surface area contributed by atoms with Gasteiger partial charge in [-0.15, -0.1) is 13.2 Å². The van der Waals surface area contributed by atoms with Crippen molar-refractivity contribution in [2.24, 2.45) is 11.8 Å². The van der Waals surface area contributed by atoms with Gasteiger partial charge in [-0.25, -0.2) is 0 Å². The smallest absolute Gasteiger partial charge is 0.312 e. The van der Waals surface area contributed by atoms with Crippen LogP contribution in [0.2, 0.25) is 0 Å². The summed E-state index contributed by atoms with van der Waals surface area (Å²) in [6.07, 6.45) is 8.07. The van der Waals surface area contributed by atoms with E-state index in [1.54, 1.807) is 11.0 Å². The second kappa shape index (κ2) is 11.5. The Balaban J connectivity index is 2.03. The van der Waals surface area contributed by atoms with Gasteiger partial charge < -0.3 is 24.4 Å². The summed E-state index contributed by atoms with van der Waals surface area (Å²) in [5, 5.41) is 10.2. The molecule has 36 heavy (non-hydrogen) atoms. The van der Waals surface area contributed by atoms with Crippen LogP contribution in [0.1, 0.15) is 72.6 Å². The highest BCUT2D eigenvalue weighted by Crippen LogP contribution is 2.65. The van der Waals surface area contributed by atoms with E-state index in [1.165, 1.54) is 4.90 Å². The van der Waals surface area contributed by atoms with Gasteiger partial charge in [0.15, 0.2) is 0 Å². The van der Waals surface area contributed by atoms with Gasteiger partial charge in [0.1, 0.15) is 17.6 Å². The fourth-order valence-corrected chi connectivity index (χ4v) is 6.61. The zero-order valence-corrected chi connectivity index (χ0v) is 22.4. The second-order valence-corrected chi connectivity index (χ2v) is 10.6. The number of rotatable bonds is 14. The number of hydrogen-bond donors (Lipinski definition) is 1. The van der Waals surface area contributed by atoms with E-state index in [1.807, 2.05) is 33.8 Å². The molecule has 3 aliphatic rings. The van der Waals surface area contributed by atoms with Crippen molar-refractivity contribution in [1.82, 2.24) is 9.80 Å². The maximum absolute atomic E-state index is 14.1. The number of amides is 2. The van der Waals surface area contributed by atoms with Gasteiger partial charge in [0.05, 0.1) is 30.8 Å². The molecular formula is C28H44N2O6. The van der Waals surface area contributed by atoms with Gasteiger partial charge in [0.25, 0.3) is 0 Å². The number of carbonyl (C=O) groups is 3. The van der Waals surface area contributed by atoms with Crippen LogP contribution in [0.25, 0.3) is 0 Å². The molecule has 3 heterocycles. The summed E-state index contributed by atoms with van der Waals surface area (Å²) in [6, 6.07) is -1.57. The minimum absolute atomic E-state index is 0.118. The van der Waals surface area contributed by atoms with Crippen LogP contribution in [0.5, 0.6) is 0 Å². The fraction of sp³-hybridized carbons (Fsp3) is 0.750. The normalized spacial score (nSPS) is 31.4. The van der Waals surface area contributed by atoms with E-state index < -0.39 is 41.1 Å². The van der Waals surface area contributed by atoms with Crippen LogP contribution < -0.4 is 0 Å². The number of likely N-dealkylation sites (tertiary alicyclic amines) is 1. The van der Waals surface area contributed by atoms with Crippen molar-refractivity contribution in [2.45, 2.75) is 102 Å². The predicted molar refractivity (Wildman–Crippen MR) is 137 cm³/mol. The first-order chi connectivity index (χ1) is 17.2. The lowest BCUT2D eigenvalue weighted by Gasteiger charge is -2.40. The predicted octanol–water partition coefficient (Wildman–Crippen LogP) is 3.23. The summed E-state index contributed by atoms with van der Waals surface area (Å²) in [5.74, 6) is -2.52. The van der Waals surface area contributed by atoms with Gasteiger partial charge in [-0.1, -0.05) is 26.0 Å². The minimum Gasteiger partial charge on any atom is -0.465 e. The summed E-state index contributed by atoms with van der Waals surface area (Å²) in [7, 11) is 0. The highest BCUT2D eigenvalue weighted by molar-refractivity contribution is 5.98. The Labute approximate surface area is 215 Å². The number of aliphatic hydroxyl groups excluding tert-OH is 1. The van der Waals surface area contributed by atoms with Gasteiger partial charge in [0, 0.05) is 12.6 Å². The molecular weight excluding hydrogens is 460 g/mol. The average molecular weight is 505 g/mol. The number of unbranched alkanes of at least 4 members (excludes halogenated alkanes) is 2. The Morgan fingerprint density at radius 1 is 1.25 bits per heavy atom. The number of fused-ring (bicyclic) bond motifs is 1. The number of esters is 1. The molecule has 3 saturated heterocycles. The van der Waals surface area contributed by atoms with Crippen molar-refractivity contribution in [3.63, 3.8) is 0 Å². The van der Waals surface area contributed by atoms with Crippen molar-refractivity contribution in [3.8, 4) is 0 Å². The summed E-state index contributed by atoms with van der Waals surface area (Å²) < 4.78 is 12.4. The van der Waals surface area contributed by atoms with Gasteiger partial charge in [-0.3, -0.25) is 14.4 Å². The summed E-state index contributed by atoms with van der Waals surface area (Å²) >= 11 is 0. The van der Waals surface area contributed by atoms with E-state index in [2.05, 4.69) is 13.2 Å². The van der Waals surface area contributed by atoms with Crippen LogP contribution in [0.15, 0.2) is 25.3 Å². The quantitative estimate of drug-likeness (QED) is 0.222. The Hall–Kier alpha value is -2.19. The molecule has 202 valence electrons. The molecule has 6 atom stereocenters. The van der Waals surface area contributed by atoms with Gasteiger partial charge in [-0.05, 0) is 58.8 Å². The largest absolute Gasteiger partial charge is 0.465 e. The molecule has 0 aromatic carbocycles. The third kappa shape index (κ3) is 4.51. The van der Waals surface area contributed by atoms with Crippen LogP contribution >= 0.6 is 0 Å². The maximum atomic E-state index is 14.1. The Kier molecular flexibility index (Phi) is 9.04. The first-order valence-electron chi connectivity index (χ1n) is 13.5. The van der Waals surface area contributed by atoms with Gasteiger partial charge >= 0.3 is 5.97 Å². The van der Waals surface area contributed by atoms with E-state index in [4.69, 9.17) is 9.47 Å². The number of allylic oxidation sites excluding steroid dienone is 1. The van der Waals surface area contributed by atoms with Crippen LogP contribution in [0.4, 0.5) is 0 Å². The van der Waals surface area contributed by atoms with Crippen molar-refractivity contribution in [3.05, 3.63) is 25.3 Å². The van der Waals surface area contributed by atoms with Crippen molar-refractivity contribution < 1.29 is 29.0 Å². The number of nitrogens with zero attached hydrogens (tertiary/aromatic N) is 2. The topological polar surface area (TPSA) is 96.4 Å². The molecule has 2 amide bonds. The number of carbonyl (C=O) groups excluding carboxylic acids is 3. The lowest BCUT2D eigenvalue weighted by molar-refractivity contribution is -0.164. The summed E-state index contributed by atoms with van der Waals surface area (Å²) in [4.78, 5) is 45.0. The van der Waals surface area contributed by atoms with Crippen LogP contribution in [-0.4, -0.2) is 81.8 Å². The molecule has 1 N–H and O–H groups in total. The second-order valence-electron chi connectivity index (χ2n) is 10.6. The van der Waals surface area contributed by atoms with E-state index in [-0.39, 0.29) is 31.1 Å². The fourth-order valence-electron chi connectivity index (χ4n) is 6.61. The Morgan fingerprint density at radius 2 is 1.97 bits per heavy atom. The Morgan fingerprint density at radius 3 is 2.53 bits per heavy atom. The van der Waals surface area contributed by atoms with Gasteiger partial charge in [-0.2, -0.15) is 0 Å². The van der Waals surface area contributed by atoms with Crippen LogP contribution in [0.3, 0.4) is 0 Å². The molecule has 0 aliphatic carbocycles. The third-order valence-corrected chi connectivity index (χ3v) is 8.46. The zero-order valence-electron chi connectivity index (χ0n) is 22.4. The van der Waals surface area contributed by atoms with E-state index >= 15 is 0 Å². The van der Waals surface area contributed by atoms with E-state index in [9.17, 15) is 19.5 Å². The first kappa shape index (κ1) is 28.4. The molecule has 3 rings (SSSR count). The Bertz CT molecular complexity index is 855. The highest BCUT2D eigenvalue weighted by Gasteiger charge is 2.79. The summed E-state index contributed by atoms with van der Waals surface area (Å²) in [5.41, 5.74) is -1.95.